The van der Waals surface area contributed by atoms with E-state index in [4.69, 9.17) is 4.74 Å². The lowest BCUT2D eigenvalue weighted by molar-refractivity contribution is -0.147. The molecule has 0 radical (unpaired) electrons. The number of carbonyl (C=O) groups is 3. The summed E-state index contributed by atoms with van der Waals surface area (Å²) in [4.78, 5) is 37.1. The predicted octanol–water partition coefficient (Wildman–Crippen LogP) is 5.08. The fourth-order valence-corrected chi connectivity index (χ4v) is 5.30. The number of carboxylic acids is 1. The van der Waals surface area contributed by atoms with E-state index in [9.17, 15) is 19.5 Å². The number of benzene rings is 2. The maximum atomic E-state index is 13.3. The number of carbonyl (C=O) groups excluding carboxylic acids is 2. The van der Waals surface area contributed by atoms with Crippen LogP contribution in [0.5, 0.6) is 0 Å². The number of carboxylic acid groups (broad SMARTS) is 1. The number of amides is 2. The van der Waals surface area contributed by atoms with Gasteiger partial charge < -0.3 is 15.2 Å². The van der Waals surface area contributed by atoms with Crippen LogP contribution in [0.15, 0.2) is 59.7 Å². The summed E-state index contributed by atoms with van der Waals surface area (Å²) in [5, 5.41) is 18.3. The molecule has 8 nitrogen and oxygen atoms in total. The van der Waals surface area contributed by atoms with Crippen molar-refractivity contribution in [3.05, 3.63) is 71.3 Å². The predicted molar refractivity (Wildman–Crippen MR) is 149 cm³/mol. The summed E-state index contributed by atoms with van der Waals surface area (Å²) < 4.78 is 5.54. The molecule has 1 aliphatic heterocycles. The molecular formula is C31H39N3O5. The first kappa shape index (κ1) is 28.3. The summed E-state index contributed by atoms with van der Waals surface area (Å²) in [6.45, 7) is 4.28. The molecule has 0 spiro atoms. The van der Waals surface area contributed by atoms with Crippen molar-refractivity contribution in [3.8, 4) is 0 Å². The second-order valence-electron chi connectivity index (χ2n) is 11.2. The summed E-state index contributed by atoms with van der Waals surface area (Å²) in [6, 6.07) is 17.5. The molecule has 1 unspecified atom stereocenters. The van der Waals surface area contributed by atoms with Crippen LogP contribution in [0.25, 0.3) is 0 Å². The first-order valence-electron chi connectivity index (χ1n) is 13.9. The number of hydrogen-bond donors (Lipinski definition) is 2. The number of aliphatic carboxylic acids is 1. The van der Waals surface area contributed by atoms with Crippen LogP contribution < -0.4 is 5.32 Å². The first-order valence-corrected chi connectivity index (χ1v) is 13.9. The zero-order chi connectivity index (χ0) is 27.8. The highest BCUT2D eigenvalue weighted by atomic mass is 16.5. The van der Waals surface area contributed by atoms with Gasteiger partial charge in [-0.1, -0.05) is 61.7 Å². The van der Waals surface area contributed by atoms with E-state index in [-0.39, 0.29) is 24.3 Å². The molecule has 2 aliphatic rings. The van der Waals surface area contributed by atoms with Gasteiger partial charge in [-0.3, -0.25) is 14.4 Å². The minimum Gasteiger partial charge on any atom is -0.481 e. The van der Waals surface area contributed by atoms with Crippen molar-refractivity contribution in [3.63, 3.8) is 0 Å². The monoisotopic (exact) mass is 533 g/mol. The van der Waals surface area contributed by atoms with Crippen molar-refractivity contribution < 1.29 is 24.2 Å². The van der Waals surface area contributed by atoms with Crippen LogP contribution in [0.2, 0.25) is 0 Å². The van der Waals surface area contributed by atoms with Crippen LogP contribution in [0.3, 0.4) is 0 Å². The van der Waals surface area contributed by atoms with Crippen molar-refractivity contribution in [2.24, 2.45) is 16.4 Å². The van der Waals surface area contributed by atoms with E-state index < -0.39 is 11.4 Å². The Bertz CT molecular complexity index is 1170. The van der Waals surface area contributed by atoms with Gasteiger partial charge in [0, 0.05) is 12.1 Å². The molecule has 1 atom stereocenters. The van der Waals surface area contributed by atoms with Crippen LogP contribution in [0.1, 0.15) is 81.4 Å². The molecule has 39 heavy (non-hydrogen) atoms. The molecule has 1 saturated carbocycles. The minimum atomic E-state index is -0.794. The highest BCUT2D eigenvalue weighted by Gasteiger charge is 2.32. The summed E-state index contributed by atoms with van der Waals surface area (Å²) in [6.07, 6.45) is 6.41. The zero-order valence-corrected chi connectivity index (χ0v) is 22.9. The van der Waals surface area contributed by atoms with E-state index in [0.29, 0.717) is 31.3 Å². The normalized spacial score (nSPS) is 16.9. The number of hydrazone groups is 1. The number of nitrogens with zero attached hydrogens (tertiary/aromatic N) is 2. The second kappa shape index (κ2) is 12.9. The van der Waals surface area contributed by atoms with Gasteiger partial charge in [0.25, 0.3) is 5.91 Å². The Morgan fingerprint density at radius 1 is 1.08 bits per heavy atom. The fourth-order valence-electron chi connectivity index (χ4n) is 5.30. The number of nitrogens with one attached hydrogen (secondary N) is 1. The lowest BCUT2D eigenvalue weighted by Gasteiger charge is -2.25. The molecule has 1 fully saturated rings. The van der Waals surface area contributed by atoms with E-state index in [1.165, 1.54) is 5.01 Å². The van der Waals surface area contributed by atoms with E-state index in [1.54, 1.807) is 13.8 Å². The number of hydrogen-bond acceptors (Lipinski definition) is 5. The molecule has 2 aromatic rings. The SMILES string of the molecule is CC(C)(CCCCNC(=O)C(c1ccc(CN2N=C(c3ccccc3)OCC2=O)cc1)C1CCCC1)C(=O)O. The quantitative estimate of drug-likeness (QED) is 0.370. The highest BCUT2D eigenvalue weighted by Crippen LogP contribution is 2.37. The highest BCUT2D eigenvalue weighted by molar-refractivity contribution is 5.97. The van der Waals surface area contributed by atoms with Gasteiger partial charge in [0.1, 0.15) is 0 Å². The average Bonchev–Trinajstić information content (AvgIpc) is 3.45. The Hall–Kier alpha value is -3.68. The molecule has 0 aromatic heterocycles. The van der Waals surface area contributed by atoms with E-state index >= 15 is 0 Å². The van der Waals surface area contributed by atoms with Gasteiger partial charge in [0.15, 0.2) is 6.61 Å². The summed E-state index contributed by atoms with van der Waals surface area (Å²) in [5.41, 5.74) is 1.98. The average molecular weight is 534 g/mol. The molecule has 8 heteroatoms. The lowest BCUT2D eigenvalue weighted by atomic mass is 9.83. The molecule has 0 saturated heterocycles. The molecule has 1 heterocycles. The maximum absolute atomic E-state index is 13.3. The number of ether oxygens (including phenoxy) is 1. The molecule has 0 bridgehead atoms. The Morgan fingerprint density at radius 3 is 2.44 bits per heavy atom. The van der Waals surface area contributed by atoms with E-state index in [1.807, 2.05) is 54.6 Å². The molecule has 1 aliphatic carbocycles. The topological polar surface area (TPSA) is 108 Å². The Balaban J connectivity index is 1.38. The molecule has 4 rings (SSSR count). The molecule has 208 valence electrons. The van der Waals surface area contributed by atoms with Gasteiger partial charge in [0.05, 0.1) is 17.9 Å². The van der Waals surface area contributed by atoms with Crippen LogP contribution >= 0.6 is 0 Å². The van der Waals surface area contributed by atoms with Gasteiger partial charge >= 0.3 is 5.97 Å². The van der Waals surface area contributed by atoms with Crippen LogP contribution in [-0.4, -0.2) is 46.9 Å². The van der Waals surface area contributed by atoms with Crippen LogP contribution in [-0.2, 0) is 25.7 Å². The van der Waals surface area contributed by atoms with E-state index in [0.717, 1.165) is 55.2 Å². The maximum Gasteiger partial charge on any atom is 0.309 e. The van der Waals surface area contributed by atoms with Crippen LogP contribution in [0.4, 0.5) is 0 Å². The third kappa shape index (κ3) is 7.46. The summed E-state index contributed by atoms with van der Waals surface area (Å²) >= 11 is 0. The largest absolute Gasteiger partial charge is 0.481 e. The first-order chi connectivity index (χ1) is 18.7. The van der Waals surface area contributed by atoms with E-state index in [2.05, 4.69) is 10.4 Å². The van der Waals surface area contributed by atoms with Crippen molar-refractivity contribution in [1.29, 1.82) is 0 Å². The van der Waals surface area contributed by atoms with Crippen molar-refractivity contribution >= 4 is 23.7 Å². The summed E-state index contributed by atoms with van der Waals surface area (Å²) in [7, 11) is 0. The zero-order valence-electron chi connectivity index (χ0n) is 22.9. The third-order valence-electron chi connectivity index (χ3n) is 7.78. The minimum absolute atomic E-state index is 0.0348. The van der Waals surface area contributed by atoms with Gasteiger partial charge in [0.2, 0.25) is 11.8 Å². The second-order valence-corrected chi connectivity index (χ2v) is 11.2. The van der Waals surface area contributed by atoms with Crippen molar-refractivity contribution in [1.82, 2.24) is 10.3 Å². The Labute approximate surface area is 230 Å². The smallest absolute Gasteiger partial charge is 0.309 e. The molecular weight excluding hydrogens is 494 g/mol. The fraction of sp³-hybridized carbons (Fsp3) is 0.484. The van der Waals surface area contributed by atoms with Gasteiger partial charge in [-0.15, -0.1) is 5.10 Å². The lowest BCUT2D eigenvalue weighted by Crippen LogP contribution is -2.36. The number of unbranched alkanes of at least 4 members (excludes halogenated alkanes) is 1. The Morgan fingerprint density at radius 2 is 1.77 bits per heavy atom. The molecule has 2 aromatic carbocycles. The number of rotatable bonds is 12. The van der Waals surface area contributed by atoms with Gasteiger partial charge in [-0.25, -0.2) is 5.01 Å². The standard InChI is InChI=1S/C31H39N3O5/c1-31(2,30(37)38)18-8-9-19-32-28(36)27(23-10-6-7-11-23)24-16-14-22(15-17-24)20-34-26(35)21-39-29(33-34)25-12-4-3-5-13-25/h3-5,12-17,23,27H,6-11,18-21H2,1-2H3,(H,32,36)(H,37,38). The van der Waals surface area contributed by atoms with Gasteiger partial charge in [-0.05, 0) is 68.7 Å². The van der Waals surface area contributed by atoms with Crippen molar-refractivity contribution in [2.45, 2.75) is 71.3 Å². The van der Waals surface area contributed by atoms with Crippen LogP contribution in [0, 0.1) is 11.3 Å². The Kier molecular flexibility index (Phi) is 9.38. The van der Waals surface area contributed by atoms with Gasteiger partial charge in [-0.2, -0.15) is 0 Å². The third-order valence-corrected chi connectivity index (χ3v) is 7.78. The van der Waals surface area contributed by atoms with Crippen molar-refractivity contribution in [2.75, 3.05) is 13.2 Å². The summed E-state index contributed by atoms with van der Waals surface area (Å²) in [5.74, 6) is -0.444. The molecule has 2 N–H and O–H groups in total. The molecule has 2 amide bonds.